The van der Waals surface area contributed by atoms with Crippen LogP contribution in [0.2, 0.25) is 0 Å². The van der Waals surface area contributed by atoms with Gasteiger partial charge in [0.1, 0.15) is 5.75 Å². The third-order valence-electron chi connectivity index (χ3n) is 7.29. The highest BCUT2D eigenvalue weighted by Crippen LogP contribution is 2.41. The van der Waals surface area contributed by atoms with E-state index in [1.54, 1.807) is 0 Å². The van der Waals surface area contributed by atoms with Crippen LogP contribution in [0.4, 0.5) is 4.39 Å². The molecular weight excluding hydrogens is 495 g/mol. The molecule has 1 N–H and O–H groups in total. The van der Waals surface area contributed by atoms with Crippen molar-refractivity contribution in [1.82, 2.24) is 0 Å². The van der Waals surface area contributed by atoms with Crippen LogP contribution in [-0.4, -0.2) is 23.4 Å². The number of aryl methyl sites for hydroxylation is 1. The van der Waals surface area contributed by atoms with E-state index in [4.69, 9.17) is 4.74 Å². The highest BCUT2D eigenvalue weighted by molar-refractivity contribution is 9.10. The van der Waals surface area contributed by atoms with Gasteiger partial charge in [0.25, 0.3) is 0 Å². The van der Waals surface area contributed by atoms with E-state index in [2.05, 4.69) is 59.3 Å². The molecule has 1 aliphatic carbocycles. The van der Waals surface area contributed by atoms with Crippen LogP contribution < -0.4 is 4.74 Å². The van der Waals surface area contributed by atoms with Gasteiger partial charge in [0, 0.05) is 5.92 Å². The molecule has 34 heavy (non-hydrogen) atoms. The van der Waals surface area contributed by atoms with Crippen LogP contribution in [0.5, 0.6) is 5.75 Å². The van der Waals surface area contributed by atoms with E-state index in [1.807, 2.05) is 13.0 Å². The molecule has 1 saturated carbocycles. The highest BCUT2D eigenvalue weighted by Gasteiger charge is 2.47. The van der Waals surface area contributed by atoms with E-state index in [0.717, 1.165) is 66.3 Å². The van der Waals surface area contributed by atoms with Gasteiger partial charge in [0.2, 0.25) is 5.67 Å². The van der Waals surface area contributed by atoms with Gasteiger partial charge < -0.3 is 9.84 Å². The second-order valence-electron chi connectivity index (χ2n) is 9.71. The van der Waals surface area contributed by atoms with Crippen molar-refractivity contribution >= 4 is 21.9 Å². The van der Waals surface area contributed by atoms with Crippen molar-refractivity contribution in [3.8, 4) is 16.9 Å². The van der Waals surface area contributed by atoms with Crippen LogP contribution in [0, 0.1) is 11.8 Å². The number of halogens is 2. The summed E-state index contributed by atoms with van der Waals surface area (Å²) in [7, 11) is 0. The van der Waals surface area contributed by atoms with Crippen LogP contribution in [0.15, 0.2) is 46.9 Å². The summed E-state index contributed by atoms with van der Waals surface area (Å²) in [6.07, 6.45) is 7.89. The summed E-state index contributed by atoms with van der Waals surface area (Å²) in [5.41, 5.74) is 1.35. The molecule has 2 atom stereocenters. The average molecular weight is 534 g/mol. The van der Waals surface area contributed by atoms with Crippen molar-refractivity contribution in [2.75, 3.05) is 6.61 Å². The Kier molecular flexibility index (Phi) is 9.99. The Morgan fingerprint density at radius 2 is 1.79 bits per heavy atom. The van der Waals surface area contributed by atoms with Gasteiger partial charge >= 0.3 is 5.97 Å². The molecule has 0 aromatic heterocycles. The normalized spacial score (nSPS) is 17.2. The predicted octanol–water partition coefficient (Wildman–Crippen LogP) is 8.63. The maximum absolute atomic E-state index is 15.7. The van der Waals surface area contributed by atoms with Crippen molar-refractivity contribution in [1.29, 1.82) is 0 Å². The van der Waals surface area contributed by atoms with Gasteiger partial charge in [0.05, 0.1) is 11.1 Å². The minimum Gasteiger partial charge on any atom is -0.492 e. The van der Waals surface area contributed by atoms with Crippen molar-refractivity contribution in [3.05, 3.63) is 52.5 Å². The maximum atomic E-state index is 15.7. The molecule has 186 valence electrons. The molecule has 0 heterocycles. The minimum absolute atomic E-state index is 0.0642. The number of carboxylic acid groups (broad SMARTS) is 1. The largest absolute Gasteiger partial charge is 0.492 e. The van der Waals surface area contributed by atoms with Gasteiger partial charge in [-0.2, -0.15) is 0 Å². The molecule has 1 fully saturated rings. The Balaban J connectivity index is 1.61. The van der Waals surface area contributed by atoms with Gasteiger partial charge in [-0.15, -0.1) is 0 Å². The molecule has 0 aliphatic heterocycles. The molecule has 1 aliphatic rings. The smallest absolute Gasteiger partial charge is 0.341 e. The van der Waals surface area contributed by atoms with E-state index in [1.165, 1.54) is 5.56 Å². The molecule has 1 unspecified atom stereocenters. The van der Waals surface area contributed by atoms with E-state index in [9.17, 15) is 9.90 Å². The summed E-state index contributed by atoms with van der Waals surface area (Å²) in [4.78, 5) is 11.9. The number of aliphatic carboxylic acids is 1. The fraction of sp³-hybridized carbons (Fsp3) is 0.552. The van der Waals surface area contributed by atoms with Crippen LogP contribution in [-0.2, 0) is 11.2 Å². The monoisotopic (exact) mass is 532 g/mol. The number of benzene rings is 2. The third-order valence-corrected chi connectivity index (χ3v) is 7.91. The molecule has 3 nitrogen and oxygen atoms in total. The summed E-state index contributed by atoms with van der Waals surface area (Å²) >= 11 is 3.60. The Morgan fingerprint density at radius 1 is 1.12 bits per heavy atom. The molecule has 2 aromatic carbocycles. The van der Waals surface area contributed by atoms with E-state index >= 15 is 4.39 Å². The fourth-order valence-electron chi connectivity index (χ4n) is 5.10. The number of ether oxygens (including phenoxy) is 1. The SMILES string of the molecule is CCCOc1ccc(-c2ccc(CCC(CC)C[C@@](F)(C(=O)O)C3CCCCC3)cc2)cc1Br. The van der Waals surface area contributed by atoms with Gasteiger partial charge in [-0.1, -0.05) is 69.9 Å². The Hall–Kier alpha value is -1.88. The fourth-order valence-corrected chi connectivity index (χ4v) is 5.60. The lowest BCUT2D eigenvalue weighted by molar-refractivity contribution is -0.158. The number of alkyl halides is 1. The van der Waals surface area contributed by atoms with Crippen LogP contribution in [0.3, 0.4) is 0 Å². The first kappa shape index (κ1) is 26.7. The molecule has 0 bridgehead atoms. The lowest BCUT2D eigenvalue weighted by atomic mass is 9.73. The van der Waals surface area contributed by atoms with E-state index < -0.39 is 11.6 Å². The number of carbonyl (C=O) groups is 1. The summed E-state index contributed by atoms with van der Waals surface area (Å²) < 4.78 is 22.4. The minimum atomic E-state index is -2.09. The molecule has 0 spiro atoms. The molecular formula is C29H38BrFO3. The summed E-state index contributed by atoms with van der Waals surface area (Å²) in [5.74, 6) is -0.690. The van der Waals surface area contributed by atoms with E-state index in [-0.39, 0.29) is 18.3 Å². The molecule has 5 heteroatoms. The van der Waals surface area contributed by atoms with Crippen molar-refractivity contribution < 1.29 is 19.0 Å². The molecule has 0 amide bonds. The zero-order valence-corrected chi connectivity index (χ0v) is 22.1. The maximum Gasteiger partial charge on any atom is 0.341 e. The summed E-state index contributed by atoms with van der Waals surface area (Å²) in [6, 6.07) is 14.6. The van der Waals surface area contributed by atoms with Crippen LogP contribution >= 0.6 is 15.9 Å². The van der Waals surface area contributed by atoms with Gasteiger partial charge in [-0.3, -0.25) is 0 Å². The lowest BCUT2D eigenvalue weighted by Gasteiger charge is -2.35. The Bertz CT molecular complexity index is 923. The Labute approximate surface area is 212 Å². The second-order valence-corrected chi connectivity index (χ2v) is 10.6. The molecule has 3 rings (SSSR count). The van der Waals surface area contributed by atoms with Crippen molar-refractivity contribution in [2.24, 2.45) is 11.8 Å². The molecule has 0 radical (unpaired) electrons. The first-order valence-corrected chi connectivity index (χ1v) is 13.6. The van der Waals surface area contributed by atoms with Crippen molar-refractivity contribution in [2.45, 2.75) is 83.7 Å². The van der Waals surface area contributed by atoms with Crippen LogP contribution in [0.1, 0.15) is 77.2 Å². The zero-order chi connectivity index (χ0) is 24.6. The van der Waals surface area contributed by atoms with Gasteiger partial charge in [-0.05, 0) is 89.2 Å². The van der Waals surface area contributed by atoms with Gasteiger partial charge in [0.15, 0.2) is 0 Å². The first-order valence-electron chi connectivity index (χ1n) is 12.8. The first-order chi connectivity index (χ1) is 16.4. The number of hydrogen-bond donors (Lipinski definition) is 1. The van der Waals surface area contributed by atoms with Gasteiger partial charge in [-0.25, -0.2) is 9.18 Å². The second kappa shape index (κ2) is 12.7. The Morgan fingerprint density at radius 3 is 2.38 bits per heavy atom. The average Bonchev–Trinajstić information content (AvgIpc) is 2.86. The molecule has 0 saturated heterocycles. The topological polar surface area (TPSA) is 46.5 Å². The predicted molar refractivity (Wildman–Crippen MR) is 140 cm³/mol. The number of carboxylic acids is 1. The molecule has 2 aromatic rings. The summed E-state index contributed by atoms with van der Waals surface area (Å²) in [6.45, 7) is 4.83. The standard InChI is InChI=1S/C29H38BrFO3/c1-3-18-34-27-17-16-24(19-26(27)30)23-14-12-22(13-15-23)11-10-21(4-2)20-29(31,28(32)33)25-8-6-5-7-9-25/h12-17,19,21,25H,3-11,18,20H2,1-2H3,(H,32,33)/t21?,29-/m0/s1. The van der Waals surface area contributed by atoms with E-state index in [0.29, 0.717) is 19.4 Å². The van der Waals surface area contributed by atoms with Crippen LogP contribution in [0.25, 0.3) is 11.1 Å². The zero-order valence-electron chi connectivity index (χ0n) is 20.5. The lowest BCUT2D eigenvalue weighted by Crippen LogP contribution is -2.44. The third kappa shape index (κ3) is 6.84. The highest BCUT2D eigenvalue weighted by atomic mass is 79.9. The number of rotatable bonds is 12. The summed E-state index contributed by atoms with van der Waals surface area (Å²) in [5, 5.41) is 9.75. The van der Waals surface area contributed by atoms with Crippen molar-refractivity contribution in [3.63, 3.8) is 0 Å². The number of hydrogen-bond acceptors (Lipinski definition) is 2. The quantitative estimate of drug-likeness (QED) is 0.297.